The number of amides is 3. The fourth-order valence-electron chi connectivity index (χ4n) is 2.25. The number of piperidine rings is 1. The molecular weight excluding hydrogens is 266 g/mol. The highest BCUT2D eigenvalue weighted by molar-refractivity contribution is 5.82. The van der Waals surface area contributed by atoms with Crippen LogP contribution in [0.5, 0.6) is 0 Å². The van der Waals surface area contributed by atoms with Crippen LogP contribution in [-0.2, 0) is 9.59 Å². The lowest BCUT2D eigenvalue weighted by atomic mass is 9.93. The Morgan fingerprint density at radius 2 is 1.90 bits per heavy atom. The smallest absolute Gasteiger partial charge is 0.326 e. The van der Waals surface area contributed by atoms with Crippen LogP contribution in [0.2, 0.25) is 0 Å². The number of carbonyl (C=O) groups excluding carboxylic acids is 2. The fraction of sp³-hybridized carbons (Fsp3) is 0.750. The van der Waals surface area contributed by atoms with Gasteiger partial charge in [0.1, 0.15) is 6.04 Å². The zero-order chi connectivity index (χ0) is 15.1. The van der Waals surface area contributed by atoms with Crippen molar-refractivity contribution < 1.29 is 24.6 Å². The van der Waals surface area contributed by atoms with Crippen LogP contribution in [-0.4, -0.2) is 58.8 Å². The Kier molecular flexibility index (Phi) is 6.23. The van der Waals surface area contributed by atoms with Gasteiger partial charge in [-0.2, -0.15) is 0 Å². The molecule has 0 aromatic rings. The summed E-state index contributed by atoms with van der Waals surface area (Å²) in [6.45, 7) is 0.627. The van der Waals surface area contributed by atoms with Crippen LogP contribution in [0.25, 0.3) is 0 Å². The normalized spacial score (nSPS) is 17.6. The van der Waals surface area contributed by atoms with Crippen molar-refractivity contribution >= 4 is 17.9 Å². The lowest BCUT2D eigenvalue weighted by Crippen LogP contribution is -2.50. The summed E-state index contributed by atoms with van der Waals surface area (Å²) in [6.07, 6.45) is 1.64. The van der Waals surface area contributed by atoms with Crippen LogP contribution < -0.4 is 11.1 Å². The summed E-state index contributed by atoms with van der Waals surface area (Å²) in [4.78, 5) is 35.1. The highest BCUT2D eigenvalue weighted by Crippen LogP contribution is 2.20. The first kappa shape index (κ1) is 16.2. The van der Waals surface area contributed by atoms with E-state index in [9.17, 15) is 14.4 Å². The standard InChI is InChI=1S/C12H21N3O5/c13-10(17)7-8-1-4-15(5-2-8)12(20)14-9(3-6-16)11(18)19/h8-9,16H,1-7H2,(H2,13,17)(H,14,20)(H,18,19). The fourth-order valence-corrected chi connectivity index (χ4v) is 2.25. The molecule has 20 heavy (non-hydrogen) atoms. The molecule has 1 heterocycles. The molecule has 3 amide bonds. The molecule has 1 aliphatic rings. The van der Waals surface area contributed by atoms with Crippen molar-refractivity contribution in [3.8, 4) is 0 Å². The van der Waals surface area contributed by atoms with Gasteiger partial charge in [0.15, 0.2) is 0 Å². The Hall–Kier alpha value is -1.83. The van der Waals surface area contributed by atoms with Crippen LogP contribution in [0.1, 0.15) is 25.7 Å². The number of urea groups is 1. The Morgan fingerprint density at radius 1 is 1.30 bits per heavy atom. The number of nitrogens with zero attached hydrogens (tertiary/aromatic N) is 1. The Balaban J connectivity index is 2.42. The third-order valence-electron chi connectivity index (χ3n) is 3.41. The van der Waals surface area contributed by atoms with Gasteiger partial charge in [0.05, 0.1) is 0 Å². The SMILES string of the molecule is NC(=O)CC1CCN(C(=O)NC(CCO)C(=O)O)CC1. The molecule has 0 aromatic heterocycles. The topological polar surface area (TPSA) is 133 Å². The predicted molar refractivity (Wildman–Crippen MR) is 69.8 cm³/mol. The van der Waals surface area contributed by atoms with Crippen molar-refractivity contribution in [3.63, 3.8) is 0 Å². The average molecular weight is 287 g/mol. The second-order valence-corrected chi connectivity index (χ2v) is 4.95. The van der Waals surface area contributed by atoms with E-state index in [1.807, 2.05) is 0 Å². The number of aliphatic hydroxyl groups excluding tert-OH is 1. The van der Waals surface area contributed by atoms with E-state index in [-0.39, 0.29) is 24.9 Å². The second-order valence-electron chi connectivity index (χ2n) is 4.95. The molecule has 0 saturated carbocycles. The number of aliphatic carboxylic acids is 1. The van der Waals surface area contributed by atoms with Gasteiger partial charge in [-0.25, -0.2) is 9.59 Å². The number of primary amides is 1. The van der Waals surface area contributed by atoms with Gasteiger partial charge in [0, 0.05) is 32.5 Å². The minimum absolute atomic E-state index is 0.0286. The molecule has 0 aliphatic carbocycles. The van der Waals surface area contributed by atoms with Crippen LogP contribution in [0.3, 0.4) is 0 Å². The average Bonchev–Trinajstić information content (AvgIpc) is 2.38. The van der Waals surface area contributed by atoms with Gasteiger partial charge in [0.25, 0.3) is 0 Å². The highest BCUT2D eigenvalue weighted by Gasteiger charge is 2.26. The zero-order valence-corrected chi connectivity index (χ0v) is 11.2. The molecule has 1 unspecified atom stereocenters. The van der Waals surface area contributed by atoms with E-state index in [1.54, 1.807) is 0 Å². The van der Waals surface area contributed by atoms with E-state index in [1.165, 1.54) is 4.90 Å². The number of nitrogens with one attached hydrogen (secondary N) is 1. The number of likely N-dealkylation sites (tertiary alicyclic amines) is 1. The van der Waals surface area contributed by atoms with Gasteiger partial charge in [-0.3, -0.25) is 4.79 Å². The Morgan fingerprint density at radius 3 is 2.35 bits per heavy atom. The summed E-state index contributed by atoms with van der Waals surface area (Å²) in [7, 11) is 0. The van der Waals surface area contributed by atoms with Gasteiger partial charge in [-0.1, -0.05) is 0 Å². The summed E-state index contributed by atoms with van der Waals surface area (Å²) in [5.41, 5.74) is 5.13. The third kappa shape index (κ3) is 5.04. The first-order valence-electron chi connectivity index (χ1n) is 6.61. The molecule has 114 valence electrons. The van der Waals surface area contributed by atoms with Crippen molar-refractivity contribution in [2.75, 3.05) is 19.7 Å². The van der Waals surface area contributed by atoms with E-state index in [0.29, 0.717) is 32.4 Å². The van der Waals surface area contributed by atoms with Crippen LogP contribution in [0.4, 0.5) is 4.79 Å². The lowest BCUT2D eigenvalue weighted by Gasteiger charge is -2.32. The number of hydrogen-bond donors (Lipinski definition) is 4. The molecule has 1 rings (SSSR count). The van der Waals surface area contributed by atoms with Crippen molar-refractivity contribution in [1.29, 1.82) is 0 Å². The molecule has 5 N–H and O–H groups in total. The monoisotopic (exact) mass is 287 g/mol. The van der Waals surface area contributed by atoms with Crippen molar-refractivity contribution in [1.82, 2.24) is 10.2 Å². The maximum absolute atomic E-state index is 11.9. The number of hydrogen-bond acceptors (Lipinski definition) is 4. The van der Waals surface area contributed by atoms with E-state index in [2.05, 4.69) is 5.32 Å². The Bertz CT molecular complexity index is 366. The summed E-state index contributed by atoms with van der Waals surface area (Å²) < 4.78 is 0. The highest BCUT2D eigenvalue weighted by atomic mass is 16.4. The molecule has 8 heteroatoms. The minimum Gasteiger partial charge on any atom is -0.480 e. The van der Waals surface area contributed by atoms with Crippen molar-refractivity contribution in [2.24, 2.45) is 11.7 Å². The number of aliphatic hydroxyl groups is 1. The first-order valence-corrected chi connectivity index (χ1v) is 6.61. The molecule has 1 aliphatic heterocycles. The Labute approximate surface area is 116 Å². The maximum Gasteiger partial charge on any atom is 0.326 e. The van der Waals surface area contributed by atoms with Gasteiger partial charge in [-0.05, 0) is 18.8 Å². The minimum atomic E-state index is -1.17. The van der Waals surface area contributed by atoms with Gasteiger partial charge in [-0.15, -0.1) is 0 Å². The summed E-state index contributed by atoms with van der Waals surface area (Å²) >= 11 is 0. The van der Waals surface area contributed by atoms with Crippen molar-refractivity contribution in [2.45, 2.75) is 31.7 Å². The van der Waals surface area contributed by atoms with E-state index < -0.39 is 18.0 Å². The van der Waals surface area contributed by atoms with E-state index in [4.69, 9.17) is 15.9 Å². The summed E-state index contributed by atoms with van der Waals surface area (Å²) in [5.74, 6) is -1.33. The molecular formula is C12H21N3O5. The van der Waals surface area contributed by atoms with Crippen molar-refractivity contribution in [3.05, 3.63) is 0 Å². The van der Waals surface area contributed by atoms with Gasteiger partial charge < -0.3 is 26.2 Å². The molecule has 8 nitrogen and oxygen atoms in total. The first-order chi connectivity index (χ1) is 9.43. The van der Waals surface area contributed by atoms with Gasteiger partial charge in [0.2, 0.25) is 5.91 Å². The van der Waals surface area contributed by atoms with E-state index in [0.717, 1.165) is 0 Å². The number of carbonyl (C=O) groups is 3. The molecule has 1 fully saturated rings. The van der Waals surface area contributed by atoms with Crippen LogP contribution in [0.15, 0.2) is 0 Å². The number of carboxylic acid groups (broad SMARTS) is 1. The number of nitrogens with two attached hydrogens (primary N) is 1. The summed E-state index contributed by atoms with van der Waals surface area (Å²) in [6, 6.07) is -1.54. The lowest BCUT2D eigenvalue weighted by molar-refractivity contribution is -0.139. The molecule has 1 saturated heterocycles. The summed E-state index contributed by atoms with van der Waals surface area (Å²) in [5, 5.41) is 20.0. The molecule has 1 atom stereocenters. The second kappa shape index (κ2) is 7.68. The largest absolute Gasteiger partial charge is 0.480 e. The molecule has 0 spiro atoms. The number of rotatable bonds is 6. The predicted octanol–water partition coefficient (Wildman–Crippen LogP) is -0.881. The number of carboxylic acids is 1. The zero-order valence-electron chi connectivity index (χ0n) is 11.2. The van der Waals surface area contributed by atoms with Gasteiger partial charge >= 0.3 is 12.0 Å². The molecule has 0 radical (unpaired) electrons. The van der Waals surface area contributed by atoms with Crippen LogP contribution >= 0.6 is 0 Å². The maximum atomic E-state index is 11.9. The molecule has 0 bridgehead atoms. The third-order valence-corrected chi connectivity index (χ3v) is 3.41. The van der Waals surface area contributed by atoms with E-state index >= 15 is 0 Å². The quantitative estimate of drug-likeness (QED) is 0.503. The van der Waals surface area contributed by atoms with Crippen LogP contribution in [0, 0.1) is 5.92 Å². The molecule has 0 aromatic carbocycles.